The van der Waals surface area contributed by atoms with E-state index in [0.29, 0.717) is 37.0 Å². The summed E-state index contributed by atoms with van der Waals surface area (Å²) in [5.41, 5.74) is 8.06. The number of likely N-dealkylation sites (tertiary alicyclic amines) is 1. The lowest BCUT2D eigenvalue weighted by atomic mass is 9.90. The van der Waals surface area contributed by atoms with E-state index in [1.807, 2.05) is 17.0 Å². The van der Waals surface area contributed by atoms with Crippen LogP contribution >= 0.6 is 12.4 Å². The van der Waals surface area contributed by atoms with Crippen molar-refractivity contribution in [3.8, 4) is 11.4 Å². The van der Waals surface area contributed by atoms with Crippen LogP contribution in [0.5, 0.6) is 0 Å². The van der Waals surface area contributed by atoms with Crippen molar-refractivity contribution in [3.05, 3.63) is 35.7 Å². The van der Waals surface area contributed by atoms with Crippen LogP contribution in [0, 0.1) is 5.41 Å². The summed E-state index contributed by atoms with van der Waals surface area (Å²) >= 11 is 0. The average Bonchev–Trinajstić information content (AvgIpc) is 3.27. The molecule has 27 heavy (non-hydrogen) atoms. The molecule has 0 aliphatic carbocycles. The standard InChI is InChI=1S/C20H28N4O2.ClH/c1-14(2)15-4-6-16(7-5-15)19-22-17(26-23-19)8-9-18(25)24-11-10-20(3,12-21)13-24;/h4-7,14H,8-13,21H2,1-3H3;1H. The number of rotatable bonds is 6. The molecule has 2 aromatic rings. The Hall–Kier alpha value is -1.92. The molecule has 0 saturated carbocycles. The molecule has 1 fully saturated rings. The molecular weight excluding hydrogens is 364 g/mol. The normalized spacial score (nSPS) is 19.4. The molecule has 3 rings (SSSR count). The molecule has 148 valence electrons. The van der Waals surface area contributed by atoms with Gasteiger partial charge in [-0.05, 0) is 29.9 Å². The van der Waals surface area contributed by atoms with Crippen LogP contribution in [0.15, 0.2) is 28.8 Å². The van der Waals surface area contributed by atoms with E-state index in [1.54, 1.807) is 0 Å². The van der Waals surface area contributed by atoms with Crippen LogP contribution in [-0.2, 0) is 11.2 Å². The van der Waals surface area contributed by atoms with Gasteiger partial charge in [-0.2, -0.15) is 4.98 Å². The fourth-order valence-electron chi connectivity index (χ4n) is 3.27. The Bertz CT molecular complexity index is 760. The van der Waals surface area contributed by atoms with Crippen molar-refractivity contribution in [3.63, 3.8) is 0 Å². The Kier molecular flexibility index (Phi) is 7.00. The van der Waals surface area contributed by atoms with Gasteiger partial charge in [0.15, 0.2) is 0 Å². The molecule has 1 saturated heterocycles. The topological polar surface area (TPSA) is 85.2 Å². The summed E-state index contributed by atoms with van der Waals surface area (Å²) in [6.45, 7) is 8.59. The molecule has 1 aliphatic rings. The first-order chi connectivity index (χ1) is 12.4. The largest absolute Gasteiger partial charge is 0.342 e. The highest BCUT2D eigenvalue weighted by Gasteiger charge is 2.34. The number of aromatic nitrogens is 2. The molecule has 1 aromatic carbocycles. The highest BCUT2D eigenvalue weighted by Crippen LogP contribution is 2.29. The smallest absolute Gasteiger partial charge is 0.227 e. The van der Waals surface area contributed by atoms with Crippen molar-refractivity contribution in [2.24, 2.45) is 11.1 Å². The van der Waals surface area contributed by atoms with Gasteiger partial charge in [0, 0.05) is 31.5 Å². The Morgan fingerprint density at radius 2 is 2.04 bits per heavy atom. The van der Waals surface area contributed by atoms with Gasteiger partial charge in [-0.3, -0.25) is 4.79 Å². The van der Waals surface area contributed by atoms with Gasteiger partial charge in [-0.1, -0.05) is 50.2 Å². The van der Waals surface area contributed by atoms with Crippen LogP contribution in [0.2, 0.25) is 0 Å². The van der Waals surface area contributed by atoms with Crippen LogP contribution in [0.3, 0.4) is 0 Å². The van der Waals surface area contributed by atoms with Gasteiger partial charge < -0.3 is 15.2 Å². The van der Waals surface area contributed by atoms with E-state index in [4.69, 9.17) is 10.3 Å². The molecule has 2 N–H and O–H groups in total. The van der Waals surface area contributed by atoms with E-state index in [-0.39, 0.29) is 23.7 Å². The monoisotopic (exact) mass is 392 g/mol. The number of aryl methyl sites for hydroxylation is 1. The first-order valence-corrected chi connectivity index (χ1v) is 9.31. The molecule has 1 aromatic heterocycles. The minimum atomic E-state index is 0. The molecule has 1 aliphatic heterocycles. The zero-order valence-corrected chi connectivity index (χ0v) is 17.1. The number of nitrogens with two attached hydrogens (primary N) is 1. The Morgan fingerprint density at radius 1 is 1.33 bits per heavy atom. The van der Waals surface area contributed by atoms with E-state index in [9.17, 15) is 4.79 Å². The average molecular weight is 393 g/mol. The van der Waals surface area contributed by atoms with E-state index in [0.717, 1.165) is 25.1 Å². The highest BCUT2D eigenvalue weighted by molar-refractivity contribution is 5.85. The number of carbonyl (C=O) groups excluding carboxylic acids is 1. The molecule has 0 radical (unpaired) electrons. The van der Waals surface area contributed by atoms with Crippen LogP contribution < -0.4 is 5.73 Å². The Morgan fingerprint density at radius 3 is 2.63 bits per heavy atom. The second-order valence-electron chi connectivity index (χ2n) is 7.87. The fourth-order valence-corrected chi connectivity index (χ4v) is 3.27. The van der Waals surface area contributed by atoms with E-state index < -0.39 is 0 Å². The fraction of sp³-hybridized carbons (Fsp3) is 0.550. The number of hydrogen-bond acceptors (Lipinski definition) is 5. The molecule has 7 heteroatoms. The van der Waals surface area contributed by atoms with Crippen LogP contribution in [-0.4, -0.2) is 40.6 Å². The predicted molar refractivity (Wildman–Crippen MR) is 108 cm³/mol. The maximum absolute atomic E-state index is 12.4. The van der Waals surface area contributed by atoms with Crippen LogP contribution in [0.4, 0.5) is 0 Å². The quantitative estimate of drug-likeness (QED) is 0.814. The van der Waals surface area contributed by atoms with Crippen molar-refractivity contribution in [1.82, 2.24) is 15.0 Å². The third-order valence-electron chi connectivity index (χ3n) is 5.26. The van der Waals surface area contributed by atoms with Gasteiger partial charge in [-0.25, -0.2) is 0 Å². The summed E-state index contributed by atoms with van der Waals surface area (Å²) in [7, 11) is 0. The minimum absolute atomic E-state index is 0. The molecule has 1 amide bonds. The van der Waals surface area contributed by atoms with Crippen molar-refractivity contribution < 1.29 is 9.32 Å². The summed E-state index contributed by atoms with van der Waals surface area (Å²) in [6, 6.07) is 8.18. The van der Waals surface area contributed by atoms with Crippen molar-refractivity contribution in [1.29, 1.82) is 0 Å². The van der Waals surface area contributed by atoms with Gasteiger partial charge in [0.1, 0.15) is 0 Å². The molecule has 0 bridgehead atoms. The first kappa shape index (κ1) is 21.4. The van der Waals surface area contributed by atoms with Crippen molar-refractivity contribution >= 4 is 18.3 Å². The second kappa shape index (κ2) is 8.85. The number of benzene rings is 1. The molecule has 1 atom stereocenters. The van der Waals surface area contributed by atoms with E-state index in [2.05, 4.69) is 43.0 Å². The number of halogens is 1. The SMILES string of the molecule is CC(C)c1ccc(-c2noc(CCC(=O)N3CCC(C)(CN)C3)n2)cc1.Cl. The molecular formula is C20H29ClN4O2. The third kappa shape index (κ3) is 5.08. The Labute approximate surface area is 166 Å². The number of nitrogens with zero attached hydrogens (tertiary/aromatic N) is 3. The second-order valence-corrected chi connectivity index (χ2v) is 7.87. The molecule has 0 spiro atoms. The number of carbonyl (C=O) groups is 1. The van der Waals surface area contributed by atoms with E-state index in [1.165, 1.54) is 5.56 Å². The summed E-state index contributed by atoms with van der Waals surface area (Å²) in [5.74, 6) is 1.69. The lowest BCUT2D eigenvalue weighted by Gasteiger charge is -2.22. The van der Waals surface area contributed by atoms with Gasteiger partial charge >= 0.3 is 0 Å². The summed E-state index contributed by atoms with van der Waals surface area (Å²) < 4.78 is 5.32. The summed E-state index contributed by atoms with van der Waals surface area (Å²) in [4.78, 5) is 18.7. The number of hydrogen-bond donors (Lipinski definition) is 1. The zero-order chi connectivity index (χ0) is 18.7. The van der Waals surface area contributed by atoms with Gasteiger partial charge in [0.2, 0.25) is 17.6 Å². The molecule has 1 unspecified atom stereocenters. The zero-order valence-electron chi connectivity index (χ0n) is 16.3. The first-order valence-electron chi connectivity index (χ1n) is 9.31. The maximum atomic E-state index is 12.4. The van der Waals surface area contributed by atoms with Gasteiger partial charge in [0.05, 0.1) is 0 Å². The van der Waals surface area contributed by atoms with E-state index >= 15 is 0 Å². The van der Waals surface area contributed by atoms with Crippen molar-refractivity contribution in [2.45, 2.75) is 46.0 Å². The molecule has 2 heterocycles. The number of amides is 1. The third-order valence-corrected chi connectivity index (χ3v) is 5.26. The summed E-state index contributed by atoms with van der Waals surface area (Å²) in [6.07, 6.45) is 1.81. The van der Waals surface area contributed by atoms with Crippen molar-refractivity contribution in [2.75, 3.05) is 19.6 Å². The minimum Gasteiger partial charge on any atom is -0.342 e. The lowest BCUT2D eigenvalue weighted by Crippen LogP contribution is -2.34. The maximum Gasteiger partial charge on any atom is 0.227 e. The van der Waals surface area contributed by atoms with Gasteiger partial charge in [-0.15, -0.1) is 12.4 Å². The van der Waals surface area contributed by atoms with Gasteiger partial charge in [0.25, 0.3) is 0 Å². The highest BCUT2D eigenvalue weighted by atomic mass is 35.5. The Balaban J connectivity index is 0.00000261. The van der Waals surface area contributed by atoms with Crippen LogP contribution in [0.25, 0.3) is 11.4 Å². The lowest BCUT2D eigenvalue weighted by molar-refractivity contribution is -0.130. The predicted octanol–water partition coefficient (Wildman–Crippen LogP) is 3.41. The van der Waals surface area contributed by atoms with Crippen LogP contribution in [0.1, 0.15) is 51.0 Å². The molecule has 6 nitrogen and oxygen atoms in total. The summed E-state index contributed by atoms with van der Waals surface area (Å²) in [5, 5.41) is 4.05.